The van der Waals surface area contributed by atoms with Gasteiger partial charge in [-0.05, 0) is 52.0 Å². The molecule has 5 heteroatoms. The molecule has 1 saturated carbocycles. The number of rotatable bonds is 5. The smallest absolute Gasteiger partial charge is 0.306 e. The standard InChI is InChI=1S/C15H26N2O3/c1-10(2)17-6-5-11(9-17)8-16-14(18)12-3-4-13(7-12)15(19)20/h10-13H,3-9H2,1-2H3,(H,16,18)(H,19,20)/t11?,12-,13+/m1/s1. The number of hydrogen-bond acceptors (Lipinski definition) is 3. The number of carboxylic acid groups (broad SMARTS) is 1. The minimum Gasteiger partial charge on any atom is -0.481 e. The predicted octanol–water partition coefficient (Wildman–Crippen LogP) is 1.33. The largest absolute Gasteiger partial charge is 0.481 e. The number of carbonyl (C=O) groups excluding carboxylic acids is 1. The Morgan fingerprint density at radius 2 is 1.95 bits per heavy atom. The number of carbonyl (C=O) groups is 2. The van der Waals surface area contributed by atoms with Gasteiger partial charge in [0.1, 0.15) is 0 Å². The van der Waals surface area contributed by atoms with Crippen molar-refractivity contribution in [1.29, 1.82) is 0 Å². The van der Waals surface area contributed by atoms with Crippen molar-refractivity contribution in [1.82, 2.24) is 10.2 Å². The number of likely N-dealkylation sites (tertiary alicyclic amines) is 1. The van der Waals surface area contributed by atoms with Crippen LogP contribution >= 0.6 is 0 Å². The minimum absolute atomic E-state index is 0.0525. The summed E-state index contributed by atoms with van der Waals surface area (Å²) in [6.45, 7) is 7.30. The van der Waals surface area contributed by atoms with E-state index >= 15 is 0 Å². The molecule has 0 bridgehead atoms. The lowest BCUT2D eigenvalue weighted by Crippen LogP contribution is -2.35. The van der Waals surface area contributed by atoms with Crippen LogP contribution in [0.1, 0.15) is 39.5 Å². The molecule has 1 heterocycles. The first-order valence-electron chi connectivity index (χ1n) is 7.72. The van der Waals surface area contributed by atoms with Gasteiger partial charge >= 0.3 is 5.97 Å². The molecule has 0 spiro atoms. The molecule has 2 aliphatic rings. The SMILES string of the molecule is CC(C)N1CCC(CNC(=O)[C@@H]2CC[C@H](C(=O)O)C2)C1. The van der Waals surface area contributed by atoms with E-state index in [1.54, 1.807) is 0 Å². The average Bonchev–Trinajstić information content (AvgIpc) is 3.05. The molecule has 0 radical (unpaired) electrons. The van der Waals surface area contributed by atoms with Gasteiger partial charge in [0.25, 0.3) is 0 Å². The zero-order valence-corrected chi connectivity index (χ0v) is 12.5. The summed E-state index contributed by atoms with van der Waals surface area (Å²) in [7, 11) is 0. The quantitative estimate of drug-likeness (QED) is 0.798. The van der Waals surface area contributed by atoms with E-state index in [-0.39, 0.29) is 17.7 Å². The van der Waals surface area contributed by atoms with Gasteiger partial charge in [0.2, 0.25) is 5.91 Å². The van der Waals surface area contributed by atoms with Crippen molar-refractivity contribution in [3.63, 3.8) is 0 Å². The lowest BCUT2D eigenvalue weighted by molar-refractivity contribution is -0.141. The van der Waals surface area contributed by atoms with Gasteiger partial charge in [-0.25, -0.2) is 0 Å². The summed E-state index contributed by atoms with van der Waals surface area (Å²) in [5, 5.41) is 12.0. The van der Waals surface area contributed by atoms with E-state index in [9.17, 15) is 9.59 Å². The highest BCUT2D eigenvalue weighted by Gasteiger charge is 2.34. The maximum absolute atomic E-state index is 12.1. The third-order valence-corrected chi connectivity index (χ3v) is 4.77. The molecular formula is C15H26N2O3. The van der Waals surface area contributed by atoms with Crippen molar-refractivity contribution in [2.24, 2.45) is 17.8 Å². The van der Waals surface area contributed by atoms with Crippen LogP contribution in [0.4, 0.5) is 0 Å². The Labute approximate surface area is 120 Å². The molecule has 20 heavy (non-hydrogen) atoms. The second-order valence-corrected chi connectivity index (χ2v) is 6.53. The first-order chi connectivity index (χ1) is 9.47. The van der Waals surface area contributed by atoms with E-state index in [4.69, 9.17) is 5.11 Å². The summed E-state index contributed by atoms with van der Waals surface area (Å²) in [4.78, 5) is 25.4. The van der Waals surface area contributed by atoms with Gasteiger partial charge in [0, 0.05) is 25.0 Å². The van der Waals surface area contributed by atoms with E-state index in [0.29, 0.717) is 31.2 Å². The Bertz CT molecular complexity index is 370. The van der Waals surface area contributed by atoms with Crippen molar-refractivity contribution in [2.75, 3.05) is 19.6 Å². The second kappa shape index (κ2) is 6.57. The van der Waals surface area contributed by atoms with Gasteiger partial charge in [0.15, 0.2) is 0 Å². The maximum atomic E-state index is 12.1. The molecule has 1 unspecified atom stereocenters. The molecule has 1 saturated heterocycles. The van der Waals surface area contributed by atoms with Gasteiger partial charge in [0.05, 0.1) is 5.92 Å². The lowest BCUT2D eigenvalue weighted by atomic mass is 10.0. The molecule has 1 aliphatic carbocycles. The zero-order valence-electron chi connectivity index (χ0n) is 12.5. The second-order valence-electron chi connectivity index (χ2n) is 6.53. The highest BCUT2D eigenvalue weighted by Crippen LogP contribution is 2.31. The highest BCUT2D eigenvalue weighted by atomic mass is 16.4. The van der Waals surface area contributed by atoms with E-state index in [0.717, 1.165) is 26.1 Å². The summed E-state index contributed by atoms with van der Waals surface area (Å²) >= 11 is 0. The fourth-order valence-electron chi connectivity index (χ4n) is 3.33. The van der Waals surface area contributed by atoms with E-state index in [1.807, 2.05) is 0 Å². The monoisotopic (exact) mass is 282 g/mol. The zero-order chi connectivity index (χ0) is 14.7. The Morgan fingerprint density at radius 3 is 2.50 bits per heavy atom. The number of nitrogens with one attached hydrogen (secondary N) is 1. The van der Waals surface area contributed by atoms with E-state index in [2.05, 4.69) is 24.1 Å². The molecular weight excluding hydrogens is 256 g/mol. The Kier molecular flexibility index (Phi) is 5.02. The number of hydrogen-bond donors (Lipinski definition) is 2. The van der Waals surface area contributed by atoms with Crippen molar-refractivity contribution in [3.05, 3.63) is 0 Å². The van der Waals surface area contributed by atoms with Crippen LogP contribution in [-0.2, 0) is 9.59 Å². The molecule has 2 rings (SSSR count). The van der Waals surface area contributed by atoms with Crippen molar-refractivity contribution in [2.45, 2.75) is 45.6 Å². The van der Waals surface area contributed by atoms with Crippen LogP contribution in [0.2, 0.25) is 0 Å². The summed E-state index contributed by atoms with van der Waals surface area (Å²) in [5.41, 5.74) is 0. The Balaban J connectivity index is 1.70. The normalized spacial score (nSPS) is 30.9. The number of aliphatic carboxylic acids is 1. The average molecular weight is 282 g/mol. The minimum atomic E-state index is -0.760. The summed E-state index contributed by atoms with van der Waals surface area (Å²) in [5.74, 6) is -0.592. The van der Waals surface area contributed by atoms with Crippen molar-refractivity contribution < 1.29 is 14.7 Å². The summed E-state index contributed by atoms with van der Waals surface area (Å²) in [6.07, 6.45) is 2.99. The van der Waals surface area contributed by atoms with Crippen molar-refractivity contribution in [3.8, 4) is 0 Å². The first kappa shape index (κ1) is 15.3. The summed E-state index contributed by atoms with van der Waals surface area (Å²) < 4.78 is 0. The van der Waals surface area contributed by atoms with Gasteiger partial charge in [-0.2, -0.15) is 0 Å². The molecule has 0 aromatic carbocycles. The third kappa shape index (κ3) is 3.72. The maximum Gasteiger partial charge on any atom is 0.306 e. The van der Waals surface area contributed by atoms with Crippen LogP contribution in [-0.4, -0.2) is 47.6 Å². The lowest BCUT2D eigenvalue weighted by Gasteiger charge is -2.20. The molecule has 1 amide bonds. The van der Waals surface area contributed by atoms with Crippen molar-refractivity contribution >= 4 is 11.9 Å². The summed E-state index contributed by atoms with van der Waals surface area (Å²) in [6, 6.07) is 0.571. The fourth-order valence-corrected chi connectivity index (χ4v) is 3.33. The van der Waals surface area contributed by atoms with Gasteiger partial charge in [-0.1, -0.05) is 0 Å². The molecule has 114 valence electrons. The van der Waals surface area contributed by atoms with Crippen LogP contribution in [0.5, 0.6) is 0 Å². The van der Waals surface area contributed by atoms with E-state index < -0.39 is 5.97 Å². The molecule has 2 fully saturated rings. The van der Waals surface area contributed by atoms with Crippen LogP contribution in [0, 0.1) is 17.8 Å². The van der Waals surface area contributed by atoms with Crippen LogP contribution < -0.4 is 5.32 Å². The van der Waals surface area contributed by atoms with Crippen LogP contribution in [0.3, 0.4) is 0 Å². The predicted molar refractivity (Wildman–Crippen MR) is 76.3 cm³/mol. The van der Waals surface area contributed by atoms with E-state index in [1.165, 1.54) is 0 Å². The third-order valence-electron chi connectivity index (χ3n) is 4.77. The van der Waals surface area contributed by atoms with Gasteiger partial charge < -0.3 is 15.3 Å². The van der Waals surface area contributed by atoms with Gasteiger partial charge in [-0.3, -0.25) is 9.59 Å². The van der Waals surface area contributed by atoms with Gasteiger partial charge in [-0.15, -0.1) is 0 Å². The molecule has 5 nitrogen and oxygen atoms in total. The highest BCUT2D eigenvalue weighted by molar-refractivity contribution is 5.80. The Morgan fingerprint density at radius 1 is 1.25 bits per heavy atom. The molecule has 1 aliphatic heterocycles. The van der Waals surface area contributed by atoms with Crippen LogP contribution in [0.25, 0.3) is 0 Å². The fraction of sp³-hybridized carbons (Fsp3) is 0.867. The molecule has 2 N–H and O–H groups in total. The Hall–Kier alpha value is -1.10. The molecule has 0 aromatic heterocycles. The topological polar surface area (TPSA) is 69.6 Å². The van der Waals surface area contributed by atoms with Crippen LogP contribution in [0.15, 0.2) is 0 Å². The molecule has 0 aromatic rings. The number of carboxylic acids is 1. The number of nitrogens with zero attached hydrogens (tertiary/aromatic N) is 1. The first-order valence-corrected chi connectivity index (χ1v) is 7.72. The number of amides is 1. The molecule has 3 atom stereocenters.